The van der Waals surface area contributed by atoms with E-state index in [0.29, 0.717) is 30.8 Å². The summed E-state index contributed by atoms with van der Waals surface area (Å²) in [5.74, 6) is 2.13. The van der Waals surface area contributed by atoms with Crippen LogP contribution in [0.4, 0.5) is 4.79 Å². The molecule has 2 atom stereocenters. The third-order valence-electron chi connectivity index (χ3n) is 12.5. The molecule has 4 bridgehead atoms. The quantitative estimate of drug-likeness (QED) is 0.0339. The van der Waals surface area contributed by atoms with E-state index in [0.717, 1.165) is 88.8 Å². The van der Waals surface area contributed by atoms with Crippen LogP contribution in [0.1, 0.15) is 162 Å². The van der Waals surface area contributed by atoms with Gasteiger partial charge in [0.2, 0.25) is 0 Å². The second-order valence-electron chi connectivity index (χ2n) is 17.3. The molecule has 0 amide bonds. The zero-order valence-electron chi connectivity index (χ0n) is 33.7. The minimum Gasteiger partial charge on any atom is -0.465 e. The Bertz CT molecular complexity index is 1080. The highest BCUT2D eigenvalue weighted by Crippen LogP contribution is 2.61. The number of ether oxygens (including phenoxy) is 4. The van der Waals surface area contributed by atoms with Crippen molar-refractivity contribution in [2.24, 2.45) is 35.0 Å². The molecule has 5 aliphatic rings. The summed E-state index contributed by atoms with van der Waals surface area (Å²) in [5.41, 5.74) is 0.454. The van der Waals surface area contributed by atoms with E-state index in [9.17, 15) is 14.4 Å². The molecule has 53 heavy (non-hydrogen) atoms. The molecule has 5 fully saturated rings. The Hall–Kier alpha value is -2.35. The van der Waals surface area contributed by atoms with Gasteiger partial charge in [0, 0.05) is 25.3 Å². The first-order valence-electron chi connectivity index (χ1n) is 22.0. The van der Waals surface area contributed by atoms with E-state index in [4.69, 9.17) is 18.9 Å². The standard InChI is InChI=1S/C45H75NO7/c1-3-5-6-7-8-9-10-11-12-13-14-15-16-17-18-19-21-42(47)50-34-41(36-53-44(49)52-33-37-23-25-46(4-2)32-37)35-51-43(48)22-20-24-45-29-38-26-39(30-45)28-40(27-38)31-45/h8-9,11-12,37-41H,3-7,10,13-36H2,1-2H3/b9-8-,12-11-. The average molecular weight is 742 g/mol. The lowest BCUT2D eigenvalue weighted by atomic mass is 9.48. The molecule has 0 N–H and O–H groups in total. The zero-order valence-corrected chi connectivity index (χ0v) is 33.7. The van der Waals surface area contributed by atoms with Crippen LogP contribution in [0.2, 0.25) is 0 Å². The molecule has 8 nitrogen and oxygen atoms in total. The van der Waals surface area contributed by atoms with Crippen molar-refractivity contribution in [1.82, 2.24) is 4.90 Å². The van der Waals surface area contributed by atoms with E-state index in [1.54, 1.807) is 0 Å². The highest BCUT2D eigenvalue weighted by molar-refractivity contribution is 5.69. The van der Waals surface area contributed by atoms with Gasteiger partial charge in [-0.25, -0.2) is 4.79 Å². The lowest BCUT2D eigenvalue weighted by molar-refractivity contribution is -0.150. The fourth-order valence-corrected chi connectivity index (χ4v) is 9.92. The van der Waals surface area contributed by atoms with E-state index in [1.807, 2.05) is 0 Å². The molecule has 4 saturated carbocycles. The van der Waals surface area contributed by atoms with Crippen LogP contribution in [0.25, 0.3) is 0 Å². The molecule has 0 spiro atoms. The topological polar surface area (TPSA) is 91.4 Å². The Balaban J connectivity index is 1.07. The molecule has 8 heteroatoms. The number of carbonyl (C=O) groups excluding carboxylic acids is 3. The van der Waals surface area contributed by atoms with Gasteiger partial charge in [-0.05, 0) is 133 Å². The normalized spacial score (nSPS) is 25.7. The number of allylic oxidation sites excluding steroid dienone is 4. The molecular weight excluding hydrogens is 666 g/mol. The van der Waals surface area contributed by atoms with Crippen molar-refractivity contribution >= 4 is 18.1 Å². The number of carbonyl (C=O) groups is 3. The first kappa shape index (κ1) is 43.4. The number of esters is 2. The van der Waals surface area contributed by atoms with Gasteiger partial charge in [0.15, 0.2) is 0 Å². The predicted molar refractivity (Wildman–Crippen MR) is 211 cm³/mol. The Kier molecular flexibility index (Phi) is 20.4. The highest BCUT2D eigenvalue weighted by Gasteiger charge is 2.50. The third kappa shape index (κ3) is 17.3. The second-order valence-corrected chi connectivity index (χ2v) is 17.3. The minimum absolute atomic E-state index is 0.0244. The van der Waals surface area contributed by atoms with E-state index in [2.05, 4.69) is 43.1 Å². The van der Waals surface area contributed by atoms with Crippen LogP contribution in [0.3, 0.4) is 0 Å². The van der Waals surface area contributed by atoms with Crippen LogP contribution in [0.5, 0.6) is 0 Å². The van der Waals surface area contributed by atoms with Crippen molar-refractivity contribution in [1.29, 1.82) is 0 Å². The maximum atomic E-state index is 12.8. The van der Waals surface area contributed by atoms with E-state index in [-0.39, 0.29) is 31.8 Å². The number of hydrogen-bond donors (Lipinski definition) is 0. The summed E-state index contributed by atoms with van der Waals surface area (Å²) in [6, 6.07) is 0. The highest BCUT2D eigenvalue weighted by atomic mass is 16.7. The van der Waals surface area contributed by atoms with Gasteiger partial charge in [-0.2, -0.15) is 0 Å². The van der Waals surface area contributed by atoms with Gasteiger partial charge in [-0.3, -0.25) is 9.59 Å². The maximum absolute atomic E-state index is 12.8. The maximum Gasteiger partial charge on any atom is 0.508 e. The van der Waals surface area contributed by atoms with Crippen LogP contribution < -0.4 is 0 Å². The minimum atomic E-state index is -0.723. The molecule has 0 aromatic heterocycles. The number of nitrogens with zero attached hydrogens (tertiary/aromatic N) is 1. The molecule has 4 aliphatic carbocycles. The fraction of sp³-hybridized carbons (Fsp3) is 0.844. The lowest BCUT2D eigenvalue weighted by Gasteiger charge is -2.57. The summed E-state index contributed by atoms with van der Waals surface area (Å²) in [5, 5.41) is 0. The summed E-state index contributed by atoms with van der Waals surface area (Å²) in [7, 11) is 0. The largest absolute Gasteiger partial charge is 0.508 e. The van der Waals surface area contributed by atoms with Crippen molar-refractivity contribution in [3.63, 3.8) is 0 Å². The van der Waals surface area contributed by atoms with Gasteiger partial charge in [-0.1, -0.05) is 76.7 Å². The summed E-state index contributed by atoms with van der Waals surface area (Å²) in [4.78, 5) is 40.2. The summed E-state index contributed by atoms with van der Waals surface area (Å²) < 4.78 is 22.1. The Morgan fingerprint density at radius 3 is 1.85 bits per heavy atom. The van der Waals surface area contributed by atoms with Gasteiger partial charge in [0.25, 0.3) is 0 Å². The van der Waals surface area contributed by atoms with Crippen molar-refractivity contribution in [2.75, 3.05) is 46.1 Å². The molecule has 0 aromatic rings. The van der Waals surface area contributed by atoms with Crippen molar-refractivity contribution < 1.29 is 33.3 Å². The smallest absolute Gasteiger partial charge is 0.465 e. The first-order chi connectivity index (χ1) is 25.9. The Morgan fingerprint density at radius 2 is 1.25 bits per heavy atom. The Morgan fingerprint density at radius 1 is 0.679 bits per heavy atom. The molecule has 1 heterocycles. The van der Waals surface area contributed by atoms with Crippen molar-refractivity contribution in [2.45, 2.75) is 162 Å². The number of likely N-dealkylation sites (tertiary alicyclic amines) is 1. The second kappa shape index (κ2) is 24.9. The van der Waals surface area contributed by atoms with E-state index >= 15 is 0 Å². The van der Waals surface area contributed by atoms with E-state index < -0.39 is 12.1 Å². The van der Waals surface area contributed by atoms with Gasteiger partial charge < -0.3 is 23.8 Å². The number of hydrogen-bond acceptors (Lipinski definition) is 8. The molecule has 1 saturated heterocycles. The molecule has 0 radical (unpaired) electrons. The van der Waals surface area contributed by atoms with Crippen LogP contribution in [0, 0.1) is 35.0 Å². The zero-order chi connectivity index (χ0) is 37.6. The third-order valence-corrected chi connectivity index (χ3v) is 12.5. The van der Waals surface area contributed by atoms with Crippen LogP contribution in [-0.4, -0.2) is 69.1 Å². The number of unbranched alkanes of at least 4 members (excludes halogenated alkanes) is 9. The summed E-state index contributed by atoms with van der Waals surface area (Å²) in [6.07, 6.45) is 34.3. The molecule has 1 aliphatic heterocycles. The average Bonchev–Trinajstić information content (AvgIpc) is 3.61. The lowest BCUT2D eigenvalue weighted by Crippen LogP contribution is -2.45. The monoisotopic (exact) mass is 742 g/mol. The van der Waals surface area contributed by atoms with Gasteiger partial charge >= 0.3 is 18.1 Å². The summed E-state index contributed by atoms with van der Waals surface area (Å²) >= 11 is 0. The first-order valence-corrected chi connectivity index (χ1v) is 22.0. The SMILES string of the molecule is CCCCC/C=C\C/C=C\CCCCCCCCC(=O)OCC(COC(=O)CCCC12CC3CC(CC(C3)C1)C2)COC(=O)OCC1CCN(CC)C1. The van der Waals surface area contributed by atoms with Crippen molar-refractivity contribution in [3.05, 3.63) is 24.3 Å². The Labute approximate surface area is 322 Å². The van der Waals surface area contributed by atoms with Crippen LogP contribution in [-0.2, 0) is 28.5 Å². The van der Waals surface area contributed by atoms with Crippen LogP contribution in [0.15, 0.2) is 24.3 Å². The molecule has 5 rings (SSSR count). The van der Waals surface area contributed by atoms with Gasteiger partial charge in [0.05, 0.1) is 12.5 Å². The molecular formula is C45H75NO7. The predicted octanol–water partition coefficient (Wildman–Crippen LogP) is 10.8. The van der Waals surface area contributed by atoms with Crippen molar-refractivity contribution in [3.8, 4) is 0 Å². The summed E-state index contributed by atoms with van der Waals surface area (Å²) in [6.45, 7) is 7.73. The number of rotatable bonds is 28. The van der Waals surface area contributed by atoms with Gasteiger partial charge in [-0.15, -0.1) is 0 Å². The molecule has 2 unspecified atom stereocenters. The molecule has 0 aromatic carbocycles. The van der Waals surface area contributed by atoms with Crippen LogP contribution >= 0.6 is 0 Å². The van der Waals surface area contributed by atoms with Gasteiger partial charge in [0.1, 0.15) is 19.8 Å². The van der Waals surface area contributed by atoms with E-state index in [1.165, 1.54) is 83.5 Å². The fourth-order valence-electron chi connectivity index (χ4n) is 9.92. The molecule has 302 valence electrons.